The molecule has 0 aliphatic heterocycles. The van der Waals surface area contributed by atoms with Gasteiger partial charge in [-0.3, -0.25) is 4.79 Å². The summed E-state index contributed by atoms with van der Waals surface area (Å²) in [4.78, 5) is 24.4. The van der Waals surface area contributed by atoms with E-state index in [4.69, 9.17) is 4.74 Å². The fourth-order valence-electron chi connectivity index (χ4n) is 3.29. The monoisotopic (exact) mass is 319 g/mol. The van der Waals surface area contributed by atoms with Crippen molar-refractivity contribution in [2.24, 2.45) is 5.92 Å². The lowest BCUT2D eigenvalue weighted by Gasteiger charge is -2.38. The highest BCUT2D eigenvalue weighted by Crippen LogP contribution is 2.34. The van der Waals surface area contributed by atoms with Crippen LogP contribution in [-0.2, 0) is 14.3 Å². The van der Waals surface area contributed by atoms with Crippen LogP contribution in [0.4, 0.5) is 0 Å². The molecule has 1 aliphatic carbocycles. The predicted molar refractivity (Wildman–Crippen MR) is 87.0 cm³/mol. The Kier molecular flexibility index (Phi) is 5.77. The molecule has 23 heavy (non-hydrogen) atoms. The molecule has 1 amide bonds. The lowest BCUT2D eigenvalue weighted by atomic mass is 9.75. The Labute approximate surface area is 137 Å². The molecule has 1 saturated carbocycles. The Morgan fingerprint density at radius 1 is 1.30 bits per heavy atom. The van der Waals surface area contributed by atoms with Gasteiger partial charge in [0.1, 0.15) is 5.54 Å². The smallest absolute Gasteiger partial charge is 0.329 e. The summed E-state index contributed by atoms with van der Waals surface area (Å²) in [6, 6.07) is 9.12. The highest BCUT2D eigenvalue weighted by atomic mass is 16.5. The van der Waals surface area contributed by atoms with Gasteiger partial charge >= 0.3 is 5.97 Å². The van der Waals surface area contributed by atoms with Crippen LogP contribution in [0.1, 0.15) is 50.7 Å². The van der Waals surface area contributed by atoms with Crippen LogP contribution in [0.2, 0.25) is 0 Å². The summed E-state index contributed by atoms with van der Waals surface area (Å²) in [6.45, 7) is 2.12. The molecule has 1 fully saturated rings. The second kappa shape index (κ2) is 7.59. The Morgan fingerprint density at radius 2 is 1.91 bits per heavy atom. The normalized spacial score (nSPS) is 25.6. The van der Waals surface area contributed by atoms with E-state index in [2.05, 4.69) is 12.2 Å². The van der Waals surface area contributed by atoms with Gasteiger partial charge < -0.3 is 15.2 Å². The number of nitrogens with one attached hydrogen (secondary N) is 1. The van der Waals surface area contributed by atoms with Gasteiger partial charge in [-0.2, -0.15) is 0 Å². The number of ether oxygens (including phenoxy) is 1. The zero-order chi connectivity index (χ0) is 16.9. The molecule has 1 aromatic carbocycles. The number of carboxylic acids is 1. The number of carbonyl (C=O) groups is 2. The number of rotatable bonds is 6. The third kappa shape index (κ3) is 3.91. The van der Waals surface area contributed by atoms with Crippen molar-refractivity contribution < 1.29 is 19.4 Å². The maximum Gasteiger partial charge on any atom is 0.329 e. The van der Waals surface area contributed by atoms with Gasteiger partial charge in [0.15, 0.2) is 6.10 Å². The van der Waals surface area contributed by atoms with E-state index in [9.17, 15) is 14.7 Å². The highest BCUT2D eigenvalue weighted by molar-refractivity contribution is 5.89. The van der Waals surface area contributed by atoms with Crippen LogP contribution >= 0.6 is 0 Å². The Morgan fingerprint density at radius 3 is 2.39 bits per heavy atom. The number of carbonyl (C=O) groups excluding carboxylic acids is 1. The molecule has 0 bridgehead atoms. The average molecular weight is 319 g/mol. The van der Waals surface area contributed by atoms with Gasteiger partial charge in [0.2, 0.25) is 0 Å². The van der Waals surface area contributed by atoms with Crippen molar-refractivity contribution in [3.8, 4) is 0 Å². The van der Waals surface area contributed by atoms with Crippen LogP contribution in [0.5, 0.6) is 0 Å². The fourth-order valence-corrected chi connectivity index (χ4v) is 3.29. The lowest BCUT2D eigenvalue weighted by molar-refractivity contribution is -0.152. The Hall–Kier alpha value is -1.88. The first-order chi connectivity index (χ1) is 11.0. The van der Waals surface area contributed by atoms with Gasteiger partial charge in [0.25, 0.3) is 5.91 Å². The minimum Gasteiger partial charge on any atom is -0.480 e. The predicted octanol–water partition coefficient (Wildman–Crippen LogP) is 2.91. The Balaban J connectivity index is 2.13. The molecule has 0 aromatic heterocycles. The van der Waals surface area contributed by atoms with E-state index in [-0.39, 0.29) is 0 Å². The first kappa shape index (κ1) is 17.5. The molecule has 2 rings (SSSR count). The standard InChI is InChI=1S/C18H25NO4/c1-3-13-9-11-18(12-10-13,17(21)22)19-16(20)15(23-2)14-7-5-4-6-8-14/h4-8,13,15H,3,9-12H2,1-2H3,(H,19,20)(H,21,22). The van der Waals surface area contributed by atoms with Crippen molar-refractivity contribution in [1.82, 2.24) is 5.32 Å². The van der Waals surface area contributed by atoms with Gasteiger partial charge in [-0.05, 0) is 37.2 Å². The second-order valence-electron chi connectivity index (χ2n) is 6.25. The number of hydrogen-bond donors (Lipinski definition) is 2. The van der Waals surface area contributed by atoms with Crippen molar-refractivity contribution >= 4 is 11.9 Å². The first-order valence-electron chi connectivity index (χ1n) is 8.15. The van der Waals surface area contributed by atoms with Crippen LogP contribution in [0.15, 0.2) is 30.3 Å². The quantitative estimate of drug-likeness (QED) is 0.845. The van der Waals surface area contributed by atoms with Crippen LogP contribution in [0.25, 0.3) is 0 Å². The molecule has 1 unspecified atom stereocenters. The number of aliphatic carboxylic acids is 1. The molecular weight excluding hydrogens is 294 g/mol. The van der Waals surface area contributed by atoms with Gasteiger partial charge in [0, 0.05) is 7.11 Å². The number of carboxylic acid groups (broad SMARTS) is 1. The van der Waals surface area contributed by atoms with Crippen LogP contribution in [0, 0.1) is 5.92 Å². The van der Waals surface area contributed by atoms with E-state index in [1.807, 2.05) is 18.2 Å². The maximum absolute atomic E-state index is 12.6. The largest absolute Gasteiger partial charge is 0.480 e. The van der Waals surface area contributed by atoms with Crippen molar-refractivity contribution in [3.05, 3.63) is 35.9 Å². The molecule has 5 heteroatoms. The molecule has 0 radical (unpaired) electrons. The van der Waals surface area contributed by atoms with E-state index in [0.717, 1.165) is 24.8 Å². The summed E-state index contributed by atoms with van der Waals surface area (Å²) in [5.74, 6) is -0.800. The summed E-state index contributed by atoms with van der Waals surface area (Å²) < 4.78 is 5.30. The van der Waals surface area contributed by atoms with Crippen molar-refractivity contribution in [3.63, 3.8) is 0 Å². The first-order valence-corrected chi connectivity index (χ1v) is 8.15. The van der Waals surface area contributed by atoms with E-state index in [1.54, 1.807) is 12.1 Å². The second-order valence-corrected chi connectivity index (χ2v) is 6.25. The van der Waals surface area contributed by atoms with Gasteiger partial charge in [0.05, 0.1) is 0 Å². The van der Waals surface area contributed by atoms with Gasteiger partial charge in [-0.25, -0.2) is 4.79 Å². The summed E-state index contributed by atoms with van der Waals surface area (Å²) in [5, 5.41) is 12.4. The summed E-state index contributed by atoms with van der Waals surface area (Å²) >= 11 is 0. The lowest BCUT2D eigenvalue weighted by Crippen LogP contribution is -2.57. The minimum atomic E-state index is -1.17. The number of methoxy groups -OCH3 is 1. The van der Waals surface area contributed by atoms with Gasteiger partial charge in [-0.15, -0.1) is 0 Å². The topological polar surface area (TPSA) is 75.6 Å². The molecule has 0 saturated heterocycles. The fraction of sp³-hybridized carbons (Fsp3) is 0.556. The van der Waals surface area contributed by atoms with E-state index in [0.29, 0.717) is 18.8 Å². The number of amides is 1. The van der Waals surface area contributed by atoms with Crippen molar-refractivity contribution in [2.45, 2.75) is 50.7 Å². The highest BCUT2D eigenvalue weighted by Gasteiger charge is 2.44. The SMILES string of the molecule is CCC1CCC(NC(=O)C(OC)c2ccccc2)(C(=O)O)CC1. The number of hydrogen-bond acceptors (Lipinski definition) is 3. The molecule has 1 atom stereocenters. The summed E-state index contributed by atoms with van der Waals surface area (Å²) in [6.07, 6.45) is 2.85. The maximum atomic E-state index is 12.6. The molecule has 0 spiro atoms. The summed E-state index contributed by atoms with van der Waals surface area (Å²) in [5.41, 5.74) is -0.454. The van der Waals surface area contributed by atoms with E-state index in [1.165, 1.54) is 7.11 Å². The third-order valence-electron chi connectivity index (χ3n) is 4.88. The van der Waals surface area contributed by atoms with Crippen LogP contribution in [-0.4, -0.2) is 29.6 Å². The molecule has 0 heterocycles. The van der Waals surface area contributed by atoms with Crippen LogP contribution < -0.4 is 5.32 Å². The Bertz CT molecular complexity index is 535. The molecule has 5 nitrogen and oxygen atoms in total. The van der Waals surface area contributed by atoms with E-state index >= 15 is 0 Å². The van der Waals surface area contributed by atoms with Crippen LogP contribution in [0.3, 0.4) is 0 Å². The average Bonchev–Trinajstić information content (AvgIpc) is 2.57. The zero-order valence-electron chi connectivity index (χ0n) is 13.7. The van der Waals surface area contributed by atoms with Crippen molar-refractivity contribution in [1.29, 1.82) is 0 Å². The van der Waals surface area contributed by atoms with E-state index < -0.39 is 23.5 Å². The number of benzene rings is 1. The molecule has 1 aliphatic rings. The molecule has 2 N–H and O–H groups in total. The van der Waals surface area contributed by atoms with Gasteiger partial charge in [-0.1, -0.05) is 43.7 Å². The zero-order valence-corrected chi connectivity index (χ0v) is 13.7. The molecule has 1 aromatic rings. The molecular formula is C18H25NO4. The minimum absolute atomic E-state index is 0.393. The third-order valence-corrected chi connectivity index (χ3v) is 4.88. The molecule has 126 valence electrons. The summed E-state index contributed by atoms with van der Waals surface area (Å²) in [7, 11) is 1.46. The van der Waals surface area contributed by atoms with Crippen molar-refractivity contribution in [2.75, 3.05) is 7.11 Å².